The number of aryl methyl sites for hydroxylation is 2. The van der Waals surface area contributed by atoms with Crippen molar-refractivity contribution in [3.05, 3.63) is 63.6 Å². The molecule has 1 amide bonds. The van der Waals surface area contributed by atoms with Crippen LogP contribution in [0.5, 0.6) is 0 Å². The summed E-state index contributed by atoms with van der Waals surface area (Å²) in [5, 5.41) is 3.02. The number of fused-ring (bicyclic) bond motifs is 1. The van der Waals surface area contributed by atoms with E-state index in [1.165, 1.54) is 24.0 Å². The van der Waals surface area contributed by atoms with Crippen LogP contribution in [0.3, 0.4) is 0 Å². The number of sulfonamides is 1. The molecule has 1 atom stereocenters. The lowest BCUT2D eigenvalue weighted by Gasteiger charge is -2.25. The van der Waals surface area contributed by atoms with Crippen LogP contribution in [0.25, 0.3) is 0 Å². The van der Waals surface area contributed by atoms with Crippen LogP contribution < -0.4 is 9.62 Å². The molecule has 5 nitrogen and oxygen atoms in total. The van der Waals surface area contributed by atoms with E-state index in [0.717, 1.165) is 39.9 Å². The summed E-state index contributed by atoms with van der Waals surface area (Å²) < 4.78 is 26.5. The topological polar surface area (TPSA) is 66.5 Å². The van der Waals surface area contributed by atoms with Gasteiger partial charge in [-0.1, -0.05) is 41.1 Å². The Morgan fingerprint density at radius 3 is 2.38 bits per heavy atom. The summed E-state index contributed by atoms with van der Waals surface area (Å²) in [7, 11) is -3.59. The molecule has 0 radical (unpaired) electrons. The van der Waals surface area contributed by atoms with E-state index >= 15 is 0 Å². The van der Waals surface area contributed by atoms with Crippen molar-refractivity contribution >= 4 is 37.5 Å². The van der Waals surface area contributed by atoms with Crippen LogP contribution in [0.15, 0.2) is 46.9 Å². The second-order valence-electron chi connectivity index (χ2n) is 7.51. The first-order chi connectivity index (χ1) is 13.8. The van der Waals surface area contributed by atoms with Crippen molar-refractivity contribution in [3.63, 3.8) is 0 Å². The number of halogens is 1. The van der Waals surface area contributed by atoms with Gasteiger partial charge < -0.3 is 5.32 Å². The first kappa shape index (κ1) is 21.8. The van der Waals surface area contributed by atoms with Crippen molar-refractivity contribution in [2.75, 3.05) is 17.1 Å². The maximum Gasteiger partial charge on any atom is 0.241 e. The molecule has 156 valence electrons. The molecule has 0 saturated heterocycles. The molecule has 0 bridgehead atoms. The summed E-state index contributed by atoms with van der Waals surface area (Å²) in [6, 6.07) is 13.2. The minimum Gasteiger partial charge on any atom is -0.348 e. The first-order valence-electron chi connectivity index (χ1n) is 9.92. The van der Waals surface area contributed by atoms with E-state index in [-0.39, 0.29) is 18.5 Å². The van der Waals surface area contributed by atoms with Gasteiger partial charge in [0, 0.05) is 4.47 Å². The molecular weight excluding hydrogens is 452 g/mol. The van der Waals surface area contributed by atoms with Crippen molar-refractivity contribution in [2.24, 2.45) is 0 Å². The molecule has 3 rings (SSSR count). The van der Waals surface area contributed by atoms with E-state index in [9.17, 15) is 13.2 Å². The van der Waals surface area contributed by atoms with E-state index in [4.69, 9.17) is 0 Å². The number of hydrogen-bond donors (Lipinski definition) is 1. The molecule has 2 aromatic rings. The van der Waals surface area contributed by atoms with Crippen LogP contribution in [0.2, 0.25) is 0 Å². The minimum atomic E-state index is -3.59. The summed E-state index contributed by atoms with van der Waals surface area (Å²) in [5.74, 6) is -0.317. The van der Waals surface area contributed by atoms with Gasteiger partial charge in [0.05, 0.1) is 18.0 Å². The highest BCUT2D eigenvalue weighted by Crippen LogP contribution is 2.26. The quantitative estimate of drug-likeness (QED) is 0.642. The van der Waals surface area contributed by atoms with Crippen molar-refractivity contribution in [2.45, 2.75) is 45.1 Å². The molecule has 1 aliphatic carbocycles. The molecule has 1 unspecified atom stereocenters. The number of amides is 1. The number of carbonyl (C=O) groups excluding carboxylic acids is 1. The lowest BCUT2D eigenvalue weighted by atomic mass is 9.89. The lowest BCUT2D eigenvalue weighted by molar-refractivity contribution is -0.120. The highest BCUT2D eigenvalue weighted by atomic mass is 79.9. The Morgan fingerprint density at radius 1 is 1.10 bits per heavy atom. The van der Waals surface area contributed by atoms with Gasteiger partial charge in [-0.15, -0.1) is 0 Å². The van der Waals surface area contributed by atoms with E-state index in [0.29, 0.717) is 5.69 Å². The second-order valence-corrected chi connectivity index (χ2v) is 10.3. The molecule has 29 heavy (non-hydrogen) atoms. The molecule has 0 saturated carbocycles. The molecule has 0 aliphatic heterocycles. The number of carbonyl (C=O) groups is 1. The third-order valence-corrected chi connectivity index (χ3v) is 6.99. The van der Waals surface area contributed by atoms with Gasteiger partial charge in [-0.3, -0.25) is 9.10 Å². The zero-order valence-electron chi connectivity index (χ0n) is 16.8. The number of nitrogens with one attached hydrogen (secondary N) is 1. The SMILES string of the molecule is CCC(NC(=O)CN(c1ccc(Br)cc1)S(C)(=O)=O)c1ccc2c(c1)CCCC2. The number of anilines is 1. The van der Waals surface area contributed by atoms with Gasteiger partial charge in [-0.25, -0.2) is 8.42 Å². The summed E-state index contributed by atoms with van der Waals surface area (Å²) >= 11 is 3.34. The van der Waals surface area contributed by atoms with Crippen LogP contribution in [-0.4, -0.2) is 27.1 Å². The van der Waals surface area contributed by atoms with Crippen LogP contribution in [-0.2, 0) is 27.7 Å². The Morgan fingerprint density at radius 2 is 1.76 bits per heavy atom. The first-order valence-corrected chi connectivity index (χ1v) is 12.6. The fourth-order valence-corrected chi connectivity index (χ4v) is 4.89. The fraction of sp³-hybridized carbons (Fsp3) is 0.409. The van der Waals surface area contributed by atoms with Crippen molar-refractivity contribution in [1.82, 2.24) is 5.32 Å². The molecule has 0 fully saturated rings. The zero-order chi connectivity index (χ0) is 21.0. The highest BCUT2D eigenvalue weighted by molar-refractivity contribution is 9.10. The van der Waals surface area contributed by atoms with Crippen molar-refractivity contribution in [1.29, 1.82) is 0 Å². The molecule has 0 aromatic heterocycles. The van der Waals surface area contributed by atoms with Gasteiger partial charge in [0.15, 0.2) is 0 Å². The minimum absolute atomic E-state index is 0.138. The molecular formula is C22H27BrN2O3S. The Hall–Kier alpha value is -1.86. The number of hydrogen-bond acceptors (Lipinski definition) is 3. The lowest BCUT2D eigenvalue weighted by Crippen LogP contribution is -2.41. The largest absolute Gasteiger partial charge is 0.348 e. The van der Waals surface area contributed by atoms with Gasteiger partial charge in [0.2, 0.25) is 15.9 Å². The smallest absolute Gasteiger partial charge is 0.241 e. The van der Waals surface area contributed by atoms with E-state index in [1.807, 2.05) is 6.92 Å². The predicted molar refractivity (Wildman–Crippen MR) is 121 cm³/mol. The Labute approximate surface area is 181 Å². The van der Waals surface area contributed by atoms with Gasteiger partial charge in [-0.2, -0.15) is 0 Å². The summed E-state index contributed by atoms with van der Waals surface area (Å²) in [4.78, 5) is 12.7. The Bertz CT molecular complexity index is 974. The summed E-state index contributed by atoms with van der Waals surface area (Å²) in [6.07, 6.45) is 6.49. The third-order valence-electron chi connectivity index (χ3n) is 5.32. The van der Waals surface area contributed by atoms with Gasteiger partial charge >= 0.3 is 0 Å². The average molecular weight is 479 g/mol. The Kier molecular flexibility index (Phi) is 7.01. The summed E-state index contributed by atoms with van der Waals surface area (Å²) in [5.41, 5.74) is 4.32. The maximum absolute atomic E-state index is 12.7. The number of benzene rings is 2. The molecule has 0 spiro atoms. The highest BCUT2D eigenvalue weighted by Gasteiger charge is 2.23. The van der Waals surface area contributed by atoms with Gasteiger partial charge in [0.25, 0.3) is 0 Å². The average Bonchev–Trinajstić information content (AvgIpc) is 2.70. The fourth-order valence-electron chi connectivity index (χ4n) is 3.77. The molecule has 7 heteroatoms. The molecule has 1 aliphatic rings. The van der Waals surface area contributed by atoms with Crippen molar-refractivity contribution in [3.8, 4) is 0 Å². The van der Waals surface area contributed by atoms with E-state index in [1.54, 1.807) is 24.3 Å². The van der Waals surface area contributed by atoms with Crippen LogP contribution in [0.1, 0.15) is 48.9 Å². The zero-order valence-corrected chi connectivity index (χ0v) is 19.2. The van der Waals surface area contributed by atoms with Crippen LogP contribution in [0, 0.1) is 0 Å². The monoisotopic (exact) mass is 478 g/mol. The Balaban J connectivity index is 1.75. The van der Waals surface area contributed by atoms with E-state index in [2.05, 4.69) is 39.4 Å². The second kappa shape index (κ2) is 9.30. The normalized spacial score (nSPS) is 14.7. The van der Waals surface area contributed by atoms with Gasteiger partial charge in [-0.05, 0) is 73.1 Å². The van der Waals surface area contributed by atoms with Gasteiger partial charge in [0.1, 0.15) is 6.54 Å². The maximum atomic E-state index is 12.7. The predicted octanol–water partition coefficient (Wildman–Crippen LogP) is 4.36. The number of nitrogens with zero attached hydrogens (tertiary/aromatic N) is 1. The summed E-state index contributed by atoms with van der Waals surface area (Å²) in [6.45, 7) is 1.77. The van der Waals surface area contributed by atoms with Crippen molar-refractivity contribution < 1.29 is 13.2 Å². The standard InChI is InChI=1S/C22H27BrN2O3S/c1-3-21(18-9-8-16-6-4-5-7-17(16)14-18)24-22(26)15-25(29(2,27)28)20-12-10-19(23)11-13-20/h8-14,21H,3-7,15H2,1-2H3,(H,24,26). The molecule has 1 N–H and O–H groups in total. The number of rotatable bonds is 7. The van der Waals surface area contributed by atoms with Crippen LogP contribution >= 0.6 is 15.9 Å². The van der Waals surface area contributed by atoms with E-state index < -0.39 is 10.0 Å². The van der Waals surface area contributed by atoms with Crippen LogP contribution in [0.4, 0.5) is 5.69 Å². The molecule has 0 heterocycles. The third kappa shape index (κ3) is 5.60. The molecule has 2 aromatic carbocycles.